The minimum Gasteiger partial charge on any atom is -0.462 e. The van der Waals surface area contributed by atoms with Gasteiger partial charge >= 0.3 is 5.97 Å². The highest BCUT2D eigenvalue weighted by Gasteiger charge is 2.24. The number of carbonyl (C=O) groups is 1. The van der Waals surface area contributed by atoms with Crippen molar-refractivity contribution >= 4 is 37.8 Å². The molecule has 0 heterocycles. The molecular formula is C15H18Br2F2O2. The van der Waals surface area contributed by atoms with Gasteiger partial charge in [-0.2, -0.15) is 0 Å². The fourth-order valence-corrected chi connectivity index (χ4v) is 3.08. The van der Waals surface area contributed by atoms with Gasteiger partial charge in [0.2, 0.25) is 0 Å². The topological polar surface area (TPSA) is 26.3 Å². The van der Waals surface area contributed by atoms with Crippen LogP contribution in [0.2, 0.25) is 0 Å². The zero-order valence-electron chi connectivity index (χ0n) is 12.0. The van der Waals surface area contributed by atoms with Crippen molar-refractivity contribution in [2.75, 3.05) is 6.61 Å². The quantitative estimate of drug-likeness (QED) is 0.402. The molecule has 118 valence electrons. The van der Waals surface area contributed by atoms with Crippen molar-refractivity contribution in [2.45, 2.75) is 39.5 Å². The number of unbranched alkanes of at least 4 members (excludes halogenated alkanes) is 1. The van der Waals surface area contributed by atoms with Crippen LogP contribution in [0.5, 0.6) is 0 Å². The summed E-state index contributed by atoms with van der Waals surface area (Å²) in [6.07, 6.45) is 3.90. The Labute approximate surface area is 140 Å². The first-order valence-electron chi connectivity index (χ1n) is 6.92. The summed E-state index contributed by atoms with van der Waals surface area (Å²) >= 11 is 5.90. The molecule has 1 unspecified atom stereocenters. The second-order valence-electron chi connectivity index (χ2n) is 4.86. The molecule has 0 bridgehead atoms. The Bertz CT molecular complexity index is 481. The highest BCUT2D eigenvalue weighted by atomic mass is 79.9. The molecule has 0 aliphatic carbocycles. The second kappa shape index (κ2) is 8.83. The number of benzene rings is 1. The molecule has 1 aromatic rings. The third-order valence-corrected chi connectivity index (χ3v) is 4.46. The van der Waals surface area contributed by atoms with Crippen LogP contribution in [-0.4, -0.2) is 12.6 Å². The van der Waals surface area contributed by atoms with E-state index >= 15 is 0 Å². The number of ether oxygens (including phenoxy) is 1. The van der Waals surface area contributed by atoms with Crippen LogP contribution in [0.4, 0.5) is 8.78 Å². The van der Waals surface area contributed by atoms with Gasteiger partial charge in [0.15, 0.2) is 11.6 Å². The van der Waals surface area contributed by atoms with Crippen molar-refractivity contribution in [1.29, 1.82) is 0 Å². The Morgan fingerprint density at radius 3 is 2.29 bits per heavy atom. The lowest BCUT2D eigenvalue weighted by atomic mass is 10.0. The first kappa shape index (κ1) is 18.6. The molecule has 0 N–H and O–H groups in total. The van der Waals surface area contributed by atoms with Crippen LogP contribution in [0.3, 0.4) is 0 Å². The van der Waals surface area contributed by atoms with Crippen molar-refractivity contribution in [1.82, 2.24) is 0 Å². The maximum Gasteiger partial charge on any atom is 0.344 e. The van der Waals surface area contributed by atoms with Crippen LogP contribution >= 0.6 is 31.9 Å². The van der Waals surface area contributed by atoms with E-state index < -0.39 is 23.2 Å². The van der Waals surface area contributed by atoms with Gasteiger partial charge in [0.05, 0.1) is 15.6 Å². The zero-order valence-corrected chi connectivity index (χ0v) is 15.2. The molecule has 0 amide bonds. The molecule has 0 spiro atoms. The van der Waals surface area contributed by atoms with Crippen molar-refractivity contribution < 1.29 is 18.3 Å². The van der Waals surface area contributed by atoms with E-state index in [0.717, 1.165) is 25.7 Å². The lowest BCUT2D eigenvalue weighted by molar-refractivity contribution is 0.0417. The van der Waals surface area contributed by atoms with Crippen molar-refractivity contribution in [3.05, 3.63) is 32.2 Å². The van der Waals surface area contributed by atoms with Crippen LogP contribution in [-0.2, 0) is 4.74 Å². The molecule has 2 nitrogen and oxygen atoms in total. The Balaban J connectivity index is 2.81. The van der Waals surface area contributed by atoms with E-state index in [1.165, 1.54) is 6.07 Å². The van der Waals surface area contributed by atoms with Gasteiger partial charge in [0, 0.05) is 0 Å². The number of esters is 1. The average Bonchev–Trinajstić information content (AvgIpc) is 2.45. The summed E-state index contributed by atoms with van der Waals surface area (Å²) in [4.78, 5) is 11.9. The minimum absolute atomic E-state index is 0.0146. The van der Waals surface area contributed by atoms with Gasteiger partial charge in [-0.1, -0.05) is 33.1 Å². The normalized spacial score (nSPS) is 12.3. The number of rotatable bonds is 7. The first-order valence-corrected chi connectivity index (χ1v) is 8.51. The van der Waals surface area contributed by atoms with E-state index in [1.807, 2.05) is 6.92 Å². The Morgan fingerprint density at radius 1 is 1.24 bits per heavy atom. The molecule has 1 aromatic carbocycles. The average molecular weight is 428 g/mol. The zero-order chi connectivity index (χ0) is 16.0. The largest absolute Gasteiger partial charge is 0.462 e. The van der Waals surface area contributed by atoms with Crippen LogP contribution in [0.25, 0.3) is 0 Å². The van der Waals surface area contributed by atoms with E-state index in [0.29, 0.717) is 0 Å². The number of carbonyl (C=O) groups excluding carboxylic acids is 1. The number of halogens is 4. The summed E-state index contributed by atoms with van der Waals surface area (Å²) in [5.41, 5.74) is -0.665. The Kier molecular flexibility index (Phi) is 7.81. The predicted molar refractivity (Wildman–Crippen MR) is 85.3 cm³/mol. The smallest absolute Gasteiger partial charge is 0.344 e. The standard InChI is InChI=1S/C15H18Br2F2O2/c1-3-5-6-9(4-2)8-21-15(20)12-13(18)10(16)7-11(17)14(12)19/h7,9H,3-6,8H2,1-2H3. The lowest BCUT2D eigenvalue weighted by Gasteiger charge is -2.15. The summed E-state index contributed by atoms with van der Waals surface area (Å²) < 4.78 is 32.9. The van der Waals surface area contributed by atoms with Crippen LogP contribution in [0, 0.1) is 17.6 Å². The molecule has 1 atom stereocenters. The molecule has 0 aromatic heterocycles. The molecule has 6 heteroatoms. The predicted octanol–water partition coefficient (Wildman–Crippen LogP) is 5.86. The minimum atomic E-state index is -0.970. The summed E-state index contributed by atoms with van der Waals surface area (Å²) in [6, 6.07) is 1.22. The highest BCUT2D eigenvalue weighted by Crippen LogP contribution is 2.29. The molecule has 1 rings (SSSR count). The van der Waals surface area contributed by atoms with Gasteiger partial charge in [0.25, 0.3) is 0 Å². The Hall–Kier alpha value is -0.490. The maximum absolute atomic E-state index is 13.9. The van der Waals surface area contributed by atoms with Crippen molar-refractivity contribution in [3.63, 3.8) is 0 Å². The third kappa shape index (κ3) is 5.02. The number of hydrogen-bond donors (Lipinski definition) is 0. The molecule has 0 saturated carbocycles. The van der Waals surface area contributed by atoms with Gasteiger partial charge in [-0.25, -0.2) is 13.6 Å². The summed E-state index contributed by atoms with van der Waals surface area (Å²) in [5.74, 6) is -2.64. The van der Waals surface area contributed by atoms with Crippen molar-refractivity contribution in [2.24, 2.45) is 5.92 Å². The molecule has 0 saturated heterocycles. The van der Waals surface area contributed by atoms with Crippen LogP contribution in [0.15, 0.2) is 15.0 Å². The van der Waals surface area contributed by atoms with E-state index in [1.54, 1.807) is 0 Å². The van der Waals surface area contributed by atoms with E-state index in [4.69, 9.17) is 4.74 Å². The molecule has 0 radical (unpaired) electrons. The van der Waals surface area contributed by atoms with Gasteiger partial charge in [0.1, 0.15) is 5.56 Å². The SMILES string of the molecule is CCCCC(CC)COC(=O)c1c(F)c(Br)cc(Br)c1F. The maximum atomic E-state index is 13.9. The second-order valence-corrected chi connectivity index (χ2v) is 6.57. The monoisotopic (exact) mass is 426 g/mol. The fourth-order valence-electron chi connectivity index (χ4n) is 1.92. The van der Waals surface area contributed by atoms with Crippen LogP contribution < -0.4 is 0 Å². The number of hydrogen-bond acceptors (Lipinski definition) is 2. The molecule has 0 aliphatic rings. The van der Waals surface area contributed by atoms with E-state index in [2.05, 4.69) is 38.8 Å². The van der Waals surface area contributed by atoms with Crippen molar-refractivity contribution in [3.8, 4) is 0 Å². The summed E-state index contributed by atoms with van der Waals surface area (Å²) in [7, 11) is 0. The molecule has 0 fully saturated rings. The fraction of sp³-hybridized carbons (Fsp3) is 0.533. The third-order valence-electron chi connectivity index (χ3n) is 3.31. The van der Waals surface area contributed by atoms with E-state index in [9.17, 15) is 13.6 Å². The van der Waals surface area contributed by atoms with Gasteiger partial charge in [-0.05, 0) is 50.3 Å². The molecular weight excluding hydrogens is 410 g/mol. The molecule has 21 heavy (non-hydrogen) atoms. The highest BCUT2D eigenvalue weighted by molar-refractivity contribution is 9.11. The Morgan fingerprint density at radius 2 is 1.81 bits per heavy atom. The summed E-state index contributed by atoms with van der Waals surface area (Å²) in [5, 5.41) is 0. The summed E-state index contributed by atoms with van der Waals surface area (Å²) in [6.45, 7) is 4.27. The lowest BCUT2D eigenvalue weighted by Crippen LogP contribution is -2.16. The first-order chi connectivity index (χ1) is 9.92. The molecule has 0 aliphatic heterocycles. The van der Waals surface area contributed by atoms with Gasteiger partial charge < -0.3 is 4.74 Å². The van der Waals surface area contributed by atoms with Crippen LogP contribution in [0.1, 0.15) is 49.9 Å². The van der Waals surface area contributed by atoms with Gasteiger partial charge in [-0.3, -0.25) is 0 Å². The van der Waals surface area contributed by atoms with E-state index in [-0.39, 0.29) is 21.5 Å². The van der Waals surface area contributed by atoms with Gasteiger partial charge in [-0.15, -0.1) is 0 Å².